The van der Waals surface area contributed by atoms with Gasteiger partial charge in [0.1, 0.15) is 0 Å². The summed E-state index contributed by atoms with van der Waals surface area (Å²) in [5.41, 5.74) is 0. The van der Waals surface area contributed by atoms with Crippen molar-refractivity contribution in [1.82, 2.24) is 0 Å². The summed E-state index contributed by atoms with van der Waals surface area (Å²) in [5.74, 6) is 1.04. The van der Waals surface area contributed by atoms with Crippen molar-refractivity contribution in [2.24, 2.45) is 11.8 Å². The maximum absolute atomic E-state index is 7.64. The number of rotatable bonds is 1. The maximum atomic E-state index is 7.64. The molecule has 0 aromatic carbocycles. The molecular formula is C9H15NS. The molecule has 1 atom stereocenters. The summed E-state index contributed by atoms with van der Waals surface area (Å²) in [7, 11) is 0. The lowest BCUT2D eigenvalue weighted by atomic mass is 10.1. The van der Waals surface area contributed by atoms with Crippen molar-refractivity contribution >= 4 is 16.8 Å². The average molecular weight is 169 g/mol. The highest BCUT2D eigenvalue weighted by Crippen LogP contribution is 2.33. The summed E-state index contributed by atoms with van der Waals surface area (Å²) in [5, 5.41) is 8.47. The zero-order valence-corrected chi connectivity index (χ0v) is 8.16. The van der Waals surface area contributed by atoms with Crippen LogP contribution in [0, 0.1) is 17.2 Å². The molecule has 0 radical (unpaired) electrons. The van der Waals surface area contributed by atoms with Gasteiger partial charge in [-0.25, -0.2) is 0 Å². The van der Waals surface area contributed by atoms with E-state index < -0.39 is 0 Å². The molecule has 1 aliphatic rings. The Kier molecular flexibility index (Phi) is 2.77. The predicted molar refractivity (Wildman–Crippen MR) is 52.0 cm³/mol. The Bertz CT molecular complexity index is 194. The first-order chi connectivity index (χ1) is 5.11. The molecule has 1 aliphatic heterocycles. The van der Waals surface area contributed by atoms with Gasteiger partial charge < -0.3 is 0 Å². The largest absolute Gasteiger partial charge is 0.298 e. The molecule has 0 saturated carbocycles. The second-order valence-electron chi connectivity index (χ2n) is 3.36. The topological polar surface area (TPSA) is 23.9 Å². The van der Waals surface area contributed by atoms with Crippen molar-refractivity contribution in [3.63, 3.8) is 0 Å². The third kappa shape index (κ3) is 2.09. The summed E-state index contributed by atoms with van der Waals surface area (Å²) in [6.07, 6.45) is 3.33. The Morgan fingerprint density at radius 1 is 1.64 bits per heavy atom. The molecule has 0 saturated heterocycles. The van der Waals surface area contributed by atoms with E-state index in [2.05, 4.69) is 26.8 Å². The molecule has 1 unspecified atom stereocenters. The molecule has 0 bridgehead atoms. The molecule has 0 aromatic heterocycles. The van der Waals surface area contributed by atoms with E-state index in [-0.39, 0.29) is 0 Å². The zero-order chi connectivity index (χ0) is 8.43. The second kappa shape index (κ2) is 3.44. The Hall–Kier alpha value is -0.240. The fourth-order valence-corrected chi connectivity index (χ4v) is 1.99. The first-order valence-electron chi connectivity index (χ1n) is 4.07. The molecule has 1 nitrogen and oxygen atoms in total. The molecular weight excluding hydrogens is 154 g/mol. The maximum Gasteiger partial charge on any atom is 0.0717 e. The minimum Gasteiger partial charge on any atom is -0.298 e. The lowest BCUT2D eigenvalue weighted by Gasteiger charge is -2.20. The molecule has 2 heteroatoms. The number of thioether (sulfide) groups is 1. The predicted octanol–water partition coefficient (Wildman–Crippen LogP) is 3.28. The molecule has 0 amide bonds. The first-order valence-corrected chi connectivity index (χ1v) is 4.89. The van der Waals surface area contributed by atoms with E-state index in [1.807, 2.05) is 0 Å². The van der Waals surface area contributed by atoms with Gasteiger partial charge in [0, 0.05) is 5.92 Å². The third-order valence-electron chi connectivity index (χ3n) is 1.92. The lowest BCUT2D eigenvalue weighted by Crippen LogP contribution is -2.11. The molecule has 0 aromatic rings. The molecule has 1 rings (SSSR count). The van der Waals surface area contributed by atoms with Gasteiger partial charge in [-0.2, -0.15) is 0 Å². The lowest BCUT2D eigenvalue weighted by molar-refractivity contribution is 0.758. The van der Waals surface area contributed by atoms with Crippen LogP contribution in [0.1, 0.15) is 27.2 Å². The van der Waals surface area contributed by atoms with Crippen LogP contribution in [0.25, 0.3) is 0 Å². The van der Waals surface area contributed by atoms with Gasteiger partial charge in [-0.3, -0.25) is 5.41 Å². The van der Waals surface area contributed by atoms with Crippen molar-refractivity contribution in [1.29, 1.82) is 5.41 Å². The highest BCUT2D eigenvalue weighted by molar-refractivity contribution is 8.17. The van der Waals surface area contributed by atoms with Crippen molar-refractivity contribution < 1.29 is 0 Å². The minimum atomic E-state index is 0.447. The van der Waals surface area contributed by atoms with E-state index in [9.17, 15) is 0 Å². The minimum absolute atomic E-state index is 0.447. The molecule has 0 fully saturated rings. The Balaban J connectivity index is 2.66. The van der Waals surface area contributed by atoms with Crippen molar-refractivity contribution in [3.05, 3.63) is 11.0 Å². The van der Waals surface area contributed by atoms with Gasteiger partial charge in [0.25, 0.3) is 0 Å². The number of allylic oxidation sites excluding steroid dienone is 2. The average Bonchev–Trinajstić information content (AvgIpc) is 1.94. The highest BCUT2D eigenvalue weighted by atomic mass is 32.2. The van der Waals surface area contributed by atoms with Crippen LogP contribution in [0.2, 0.25) is 0 Å². The van der Waals surface area contributed by atoms with Crippen LogP contribution in [0.15, 0.2) is 11.0 Å². The van der Waals surface area contributed by atoms with Gasteiger partial charge >= 0.3 is 0 Å². The van der Waals surface area contributed by atoms with Crippen molar-refractivity contribution in [2.45, 2.75) is 27.2 Å². The van der Waals surface area contributed by atoms with Crippen LogP contribution in [-0.4, -0.2) is 5.04 Å². The van der Waals surface area contributed by atoms with E-state index in [1.165, 1.54) is 4.91 Å². The number of hydrogen-bond acceptors (Lipinski definition) is 2. The number of nitrogens with one attached hydrogen (secondary N) is 1. The normalized spacial score (nSPS) is 25.6. The van der Waals surface area contributed by atoms with Crippen molar-refractivity contribution in [2.75, 3.05) is 0 Å². The first kappa shape index (κ1) is 8.85. The van der Waals surface area contributed by atoms with Crippen LogP contribution in [-0.2, 0) is 0 Å². The van der Waals surface area contributed by atoms with Gasteiger partial charge in [0.15, 0.2) is 0 Å². The van der Waals surface area contributed by atoms with Gasteiger partial charge in [-0.15, -0.1) is 0 Å². The van der Waals surface area contributed by atoms with Crippen LogP contribution < -0.4 is 0 Å². The van der Waals surface area contributed by atoms with Gasteiger partial charge in [0.05, 0.1) is 5.04 Å². The molecule has 1 N–H and O–H groups in total. The fraction of sp³-hybridized carbons (Fsp3) is 0.667. The second-order valence-corrected chi connectivity index (χ2v) is 4.48. The van der Waals surface area contributed by atoms with E-state index in [4.69, 9.17) is 5.41 Å². The SMILES string of the molecule is CC(C)C1=CCC(C)C(=N)S1. The molecule has 1 heterocycles. The molecule has 0 aliphatic carbocycles. The van der Waals surface area contributed by atoms with Gasteiger partial charge in [-0.1, -0.05) is 38.6 Å². The quantitative estimate of drug-likeness (QED) is 0.640. The van der Waals surface area contributed by atoms with Crippen molar-refractivity contribution in [3.8, 4) is 0 Å². The monoisotopic (exact) mass is 169 g/mol. The summed E-state index contributed by atoms with van der Waals surface area (Å²) >= 11 is 1.65. The summed E-state index contributed by atoms with van der Waals surface area (Å²) in [6.45, 7) is 6.48. The van der Waals surface area contributed by atoms with E-state index >= 15 is 0 Å². The van der Waals surface area contributed by atoms with Crippen LogP contribution in [0.3, 0.4) is 0 Å². The Morgan fingerprint density at radius 2 is 2.27 bits per heavy atom. The smallest absolute Gasteiger partial charge is 0.0717 e. The summed E-state index contributed by atoms with van der Waals surface area (Å²) in [4.78, 5) is 1.37. The van der Waals surface area contributed by atoms with E-state index in [0.29, 0.717) is 11.8 Å². The standard InChI is InChI=1S/C9H15NS/c1-6(2)8-5-4-7(3)9(10)11-8/h5-7,10H,4H2,1-3H3. The highest BCUT2D eigenvalue weighted by Gasteiger charge is 2.17. The fourth-order valence-electron chi connectivity index (χ4n) is 1.02. The molecule has 11 heavy (non-hydrogen) atoms. The van der Waals surface area contributed by atoms with Gasteiger partial charge in [0.2, 0.25) is 0 Å². The van der Waals surface area contributed by atoms with E-state index in [0.717, 1.165) is 11.5 Å². The zero-order valence-electron chi connectivity index (χ0n) is 7.35. The summed E-state index contributed by atoms with van der Waals surface area (Å²) < 4.78 is 0. The third-order valence-corrected chi connectivity index (χ3v) is 3.41. The Labute approximate surface area is 72.8 Å². The van der Waals surface area contributed by atoms with Crippen LogP contribution >= 0.6 is 11.8 Å². The molecule has 62 valence electrons. The van der Waals surface area contributed by atoms with Gasteiger partial charge in [-0.05, 0) is 17.2 Å². The van der Waals surface area contributed by atoms with Crippen LogP contribution in [0.5, 0.6) is 0 Å². The van der Waals surface area contributed by atoms with Crippen LogP contribution in [0.4, 0.5) is 0 Å². The molecule has 0 spiro atoms. The number of hydrogen-bond donors (Lipinski definition) is 1. The Morgan fingerprint density at radius 3 is 2.73 bits per heavy atom. The summed E-state index contributed by atoms with van der Waals surface area (Å²) in [6, 6.07) is 0. The van der Waals surface area contributed by atoms with E-state index in [1.54, 1.807) is 11.8 Å².